The normalized spacial score (nSPS) is 16.9. The molecule has 1 aliphatic carbocycles. The van der Waals surface area contributed by atoms with Gasteiger partial charge < -0.3 is 10.7 Å². The molecule has 0 fully saturated rings. The van der Waals surface area contributed by atoms with Crippen LogP contribution in [0.3, 0.4) is 0 Å². The van der Waals surface area contributed by atoms with Gasteiger partial charge in [-0.25, -0.2) is 4.98 Å². The third-order valence-corrected chi connectivity index (χ3v) is 3.16. The van der Waals surface area contributed by atoms with Crippen LogP contribution in [0.25, 0.3) is 0 Å². The summed E-state index contributed by atoms with van der Waals surface area (Å²) in [5.74, 6) is 0.660. The largest absolute Gasteiger partial charge is 0.321 e. The Labute approximate surface area is 95.3 Å². The molecule has 1 aromatic rings. The maximum atomic E-state index is 11.8. The van der Waals surface area contributed by atoms with Gasteiger partial charge in [0, 0.05) is 5.56 Å². The number of nitrogens with two attached hydrogens (primary N) is 1. The van der Waals surface area contributed by atoms with Crippen molar-refractivity contribution in [1.82, 2.24) is 9.97 Å². The van der Waals surface area contributed by atoms with Gasteiger partial charge in [0.25, 0.3) is 5.56 Å². The number of aromatic nitrogens is 2. The molecule has 1 atom stereocenters. The smallest absolute Gasteiger partial charge is 0.254 e. The number of nitrogens with one attached hydrogen (secondary N) is 1. The summed E-state index contributed by atoms with van der Waals surface area (Å²) in [5, 5.41) is 0. The average Bonchev–Trinajstić information content (AvgIpc) is 2.29. The summed E-state index contributed by atoms with van der Waals surface area (Å²) in [5.41, 5.74) is 7.84. The van der Waals surface area contributed by atoms with Gasteiger partial charge in [-0.05, 0) is 32.1 Å². The Hall–Kier alpha value is -1.16. The van der Waals surface area contributed by atoms with Crippen LogP contribution >= 0.6 is 0 Å². The minimum absolute atomic E-state index is 0.0197. The van der Waals surface area contributed by atoms with E-state index in [0.29, 0.717) is 5.82 Å². The lowest BCUT2D eigenvalue weighted by atomic mass is 9.97. The number of hydrogen-bond donors (Lipinski definition) is 2. The molecule has 0 saturated heterocycles. The number of hydrogen-bond acceptors (Lipinski definition) is 3. The van der Waals surface area contributed by atoms with E-state index >= 15 is 0 Å². The molecular formula is C12H19N3O. The third-order valence-electron chi connectivity index (χ3n) is 3.16. The highest BCUT2D eigenvalue weighted by Crippen LogP contribution is 2.18. The highest BCUT2D eigenvalue weighted by molar-refractivity contribution is 5.21. The van der Waals surface area contributed by atoms with Crippen LogP contribution in [-0.4, -0.2) is 9.97 Å². The summed E-state index contributed by atoms with van der Waals surface area (Å²) in [6.07, 6.45) is 5.87. The van der Waals surface area contributed by atoms with E-state index in [1.165, 1.54) is 0 Å². The first-order valence-electron chi connectivity index (χ1n) is 6.10. The predicted octanol–water partition coefficient (Wildman–Crippen LogP) is 1.45. The summed E-state index contributed by atoms with van der Waals surface area (Å²) in [7, 11) is 0. The van der Waals surface area contributed by atoms with Gasteiger partial charge >= 0.3 is 0 Å². The van der Waals surface area contributed by atoms with Crippen LogP contribution in [0, 0.1) is 0 Å². The first-order chi connectivity index (χ1) is 7.72. The molecule has 0 aliphatic heterocycles. The van der Waals surface area contributed by atoms with Crippen LogP contribution in [0.15, 0.2) is 4.79 Å². The minimum Gasteiger partial charge on any atom is -0.321 e. The van der Waals surface area contributed by atoms with Crippen molar-refractivity contribution in [1.29, 1.82) is 0 Å². The van der Waals surface area contributed by atoms with E-state index in [1.807, 2.05) is 0 Å². The van der Waals surface area contributed by atoms with Crippen LogP contribution in [0.1, 0.15) is 55.7 Å². The lowest BCUT2D eigenvalue weighted by Crippen LogP contribution is -2.26. The van der Waals surface area contributed by atoms with Crippen LogP contribution in [-0.2, 0) is 12.8 Å². The van der Waals surface area contributed by atoms with Crippen molar-refractivity contribution in [2.24, 2.45) is 5.73 Å². The predicted molar refractivity (Wildman–Crippen MR) is 63.3 cm³/mol. The van der Waals surface area contributed by atoms with Crippen LogP contribution in [0.2, 0.25) is 0 Å². The lowest BCUT2D eigenvalue weighted by molar-refractivity contribution is 0.578. The molecule has 1 unspecified atom stereocenters. The molecule has 0 aromatic carbocycles. The Balaban J connectivity index is 2.35. The second kappa shape index (κ2) is 4.78. The van der Waals surface area contributed by atoms with Crippen molar-refractivity contribution in [3.63, 3.8) is 0 Å². The summed E-state index contributed by atoms with van der Waals surface area (Å²) in [6, 6.07) is -0.134. The van der Waals surface area contributed by atoms with Crippen LogP contribution in [0.4, 0.5) is 0 Å². The zero-order chi connectivity index (χ0) is 11.5. The van der Waals surface area contributed by atoms with Crippen molar-refractivity contribution in [3.05, 3.63) is 27.4 Å². The number of H-pyrrole nitrogens is 1. The highest BCUT2D eigenvalue weighted by atomic mass is 16.1. The molecule has 4 nitrogen and oxygen atoms in total. The molecule has 0 spiro atoms. The Morgan fingerprint density at radius 3 is 2.94 bits per heavy atom. The molecule has 16 heavy (non-hydrogen) atoms. The first-order valence-corrected chi connectivity index (χ1v) is 6.10. The van der Waals surface area contributed by atoms with Crippen LogP contribution in [0.5, 0.6) is 0 Å². The van der Waals surface area contributed by atoms with E-state index in [4.69, 9.17) is 5.73 Å². The van der Waals surface area contributed by atoms with E-state index in [-0.39, 0.29) is 11.6 Å². The topological polar surface area (TPSA) is 71.8 Å². The molecule has 1 aromatic heterocycles. The van der Waals surface area contributed by atoms with Crippen LogP contribution < -0.4 is 11.3 Å². The first kappa shape index (κ1) is 11.3. The Kier molecular flexibility index (Phi) is 3.39. The fourth-order valence-electron chi connectivity index (χ4n) is 2.25. The van der Waals surface area contributed by atoms with Crippen molar-refractivity contribution >= 4 is 0 Å². The van der Waals surface area contributed by atoms with Crippen molar-refractivity contribution in [2.75, 3.05) is 0 Å². The second-order valence-corrected chi connectivity index (χ2v) is 4.48. The van der Waals surface area contributed by atoms with Crippen molar-refractivity contribution in [2.45, 2.75) is 51.5 Å². The van der Waals surface area contributed by atoms with E-state index in [0.717, 1.165) is 49.8 Å². The van der Waals surface area contributed by atoms with Crippen molar-refractivity contribution < 1.29 is 0 Å². The van der Waals surface area contributed by atoms with E-state index < -0.39 is 0 Å². The summed E-state index contributed by atoms with van der Waals surface area (Å²) in [4.78, 5) is 19.2. The van der Waals surface area contributed by atoms with Crippen molar-refractivity contribution in [3.8, 4) is 0 Å². The molecule has 2 rings (SSSR count). The van der Waals surface area contributed by atoms with Gasteiger partial charge in [0.15, 0.2) is 0 Å². The zero-order valence-corrected chi connectivity index (χ0v) is 9.75. The molecule has 0 saturated carbocycles. The molecule has 0 radical (unpaired) electrons. The quantitative estimate of drug-likeness (QED) is 0.811. The number of aryl methyl sites for hydroxylation is 1. The number of fused-ring (bicyclic) bond motifs is 1. The summed E-state index contributed by atoms with van der Waals surface area (Å²) < 4.78 is 0. The van der Waals surface area contributed by atoms with Gasteiger partial charge in [-0.3, -0.25) is 4.79 Å². The van der Waals surface area contributed by atoms with E-state index in [2.05, 4.69) is 16.9 Å². The van der Waals surface area contributed by atoms with Gasteiger partial charge in [-0.15, -0.1) is 0 Å². The number of rotatable bonds is 3. The lowest BCUT2D eigenvalue weighted by Gasteiger charge is -2.16. The monoisotopic (exact) mass is 221 g/mol. The minimum atomic E-state index is -0.134. The van der Waals surface area contributed by atoms with Gasteiger partial charge in [-0.1, -0.05) is 13.3 Å². The molecule has 0 bridgehead atoms. The van der Waals surface area contributed by atoms with Gasteiger partial charge in [0.1, 0.15) is 5.82 Å². The second-order valence-electron chi connectivity index (χ2n) is 4.48. The molecule has 0 amide bonds. The molecular weight excluding hydrogens is 202 g/mol. The SMILES string of the molecule is CCCC(N)c1nc2c(c(=O)[nH]1)CCCC2. The molecule has 1 heterocycles. The Morgan fingerprint density at radius 1 is 1.44 bits per heavy atom. The number of nitrogens with zero attached hydrogens (tertiary/aromatic N) is 1. The maximum Gasteiger partial charge on any atom is 0.254 e. The Bertz CT molecular complexity index is 425. The maximum absolute atomic E-state index is 11.8. The molecule has 1 aliphatic rings. The highest BCUT2D eigenvalue weighted by Gasteiger charge is 2.17. The molecule has 3 N–H and O–H groups in total. The standard InChI is InChI=1S/C12H19N3O/c1-2-5-9(13)11-14-10-7-4-3-6-8(10)12(16)15-11/h9H,2-7,13H2,1H3,(H,14,15,16). The average molecular weight is 221 g/mol. The third kappa shape index (κ3) is 2.16. The van der Waals surface area contributed by atoms with E-state index in [1.54, 1.807) is 0 Å². The zero-order valence-electron chi connectivity index (χ0n) is 9.75. The fourth-order valence-corrected chi connectivity index (χ4v) is 2.25. The number of aromatic amines is 1. The van der Waals surface area contributed by atoms with Gasteiger partial charge in [-0.2, -0.15) is 0 Å². The van der Waals surface area contributed by atoms with Gasteiger partial charge in [0.05, 0.1) is 11.7 Å². The van der Waals surface area contributed by atoms with E-state index in [9.17, 15) is 4.79 Å². The van der Waals surface area contributed by atoms with Gasteiger partial charge in [0.2, 0.25) is 0 Å². The fraction of sp³-hybridized carbons (Fsp3) is 0.667. The summed E-state index contributed by atoms with van der Waals surface area (Å²) in [6.45, 7) is 2.08. The molecule has 4 heteroatoms. The molecule has 88 valence electrons. The Morgan fingerprint density at radius 2 is 2.19 bits per heavy atom. The summed E-state index contributed by atoms with van der Waals surface area (Å²) >= 11 is 0.